The lowest BCUT2D eigenvalue weighted by atomic mass is 10.00. The molecule has 0 bridgehead atoms. The second-order valence-electron chi connectivity index (χ2n) is 6.14. The second kappa shape index (κ2) is 8.78. The molecule has 7 heteroatoms. The lowest BCUT2D eigenvalue weighted by Crippen LogP contribution is -2.40. The Hall–Kier alpha value is -1.18. The third-order valence-corrected chi connectivity index (χ3v) is 6.03. The summed E-state index contributed by atoms with van der Waals surface area (Å²) in [5.41, 5.74) is 0. The van der Waals surface area contributed by atoms with Gasteiger partial charge in [0.25, 0.3) is 0 Å². The molecule has 0 saturated carbocycles. The molecule has 1 aliphatic rings. The van der Waals surface area contributed by atoms with Crippen LogP contribution in [-0.4, -0.2) is 46.1 Å². The van der Waals surface area contributed by atoms with Gasteiger partial charge < -0.3 is 9.64 Å². The van der Waals surface area contributed by atoms with Crippen LogP contribution in [0, 0.1) is 5.82 Å². The summed E-state index contributed by atoms with van der Waals surface area (Å²) in [6, 6.07) is 4.27. The van der Waals surface area contributed by atoms with Crippen molar-refractivity contribution < 1.29 is 17.5 Å². The molecule has 1 aliphatic heterocycles. The number of nitrogens with zero attached hydrogens (tertiary/aromatic N) is 1. The standard InChI is InChI=1S/C17H27FN2O3S/c1-3-14-7-4-5-11-20(14)12-6-10-19-24(21,22)15-8-9-17(23-2)16(18)13-15/h8-9,13-14,19H,3-7,10-12H2,1-2H3. The average molecular weight is 358 g/mol. The van der Waals surface area contributed by atoms with Gasteiger partial charge in [0.05, 0.1) is 12.0 Å². The fourth-order valence-electron chi connectivity index (χ4n) is 3.20. The van der Waals surface area contributed by atoms with Crippen LogP contribution in [0.2, 0.25) is 0 Å². The molecular formula is C17H27FN2O3S. The maximum absolute atomic E-state index is 13.7. The summed E-state index contributed by atoms with van der Waals surface area (Å²) < 4.78 is 45.5. The highest BCUT2D eigenvalue weighted by Crippen LogP contribution is 2.21. The first-order chi connectivity index (χ1) is 11.5. The monoisotopic (exact) mass is 358 g/mol. The third kappa shape index (κ3) is 4.91. The molecule has 0 amide bonds. The molecule has 0 aliphatic carbocycles. The van der Waals surface area contributed by atoms with Gasteiger partial charge in [0.1, 0.15) is 0 Å². The number of piperidine rings is 1. The van der Waals surface area contributed by atoms with Crippen LogP contribution in [0.25, 0.3) is 0 Å². The van der Waals surface area contributed by atoms with E-state index in [9.17, 15) is 12.8 Å². The predicted molar refractivity (Wildman–Crippen MR) is 92.3 cm³/mol. The van der Waals surface area contributed by atoms with Gasteiger partial charge in [0, 0.05) is 12.6 Å². The summed E-state index contributed by atoms with van der Waals surface area (Å²) in [4.78, 5) is 2.37. The number of ether oxygens (including phenoxy) is 1. The molecule has 1 saturated heterocycles. The maximum atomic E-state index is 13.7. The van der Waals surface area contributed by atoms with Crippen molar-refractivity contribution in [2.45, 2.75) is 50.0 Å². The van der Waals surface area contributed by atoms with Gasteiger partial charge in [-0.15, -0.1) is 0 Å². The first-order valence-electron chi connectivity index (χ1n) is 8.55. The van der Waals surface area contributed by atoms with Gasteiger partial charge in [-0.05, 0) is 57.0 Å². The van der Waals surface area contributed by atoms with Crippen molar-refractivity contribution in [3.63, 3.8) is 0 Å². The van der Waals surface area contributed by atoms with Gasteiger partial charge in [-0.1, -0.05) is 13.3 Å². The maximum Gasteiger partial charge on any atom is 0.240 e. The van der Waals surface area contributed by atoms with E-state index in [-0.39, 0.29) is 10.6 Å². The molecule has 0 spiro atoms. The minimum absolute atomic E-state index is 0.0321. The van der Waals surface area contributed by atoms with Crippen LogP contribution in [0.3, 0.4) is 0 Å². The Morgan fingerprint density at radius 2 is 2.17 bits per heavy atom. The number of benzene rings is 1. The van der Waals surface area contributed by atoms with E-state index in [1.807, 2.05) is 0 Å². The Bertz CT molecular complexity index is 637. The van der Waals surface area contributed by atoms with E-state index in [1.165, 1.54) is 38.5 Å². The van der Waals surface area contributed by atoms with Gasteiger partial charge >= 0.3 is 0 Å². The molecule has 5 nitrogen and oxygen atoms in total. The highest BCUT2D eigenvalue weighted by molar-refractivity contribution is 7.89. The Kier molecular flexibility index (Phi) is 7.01. The summed E-state index contributed by atoms with van der Waals surface area (Å²) in [5.74, 6) is -0.649. The largest absolute Gasteiger partial charge is 0.494 e. The highest BCUT2D eigenvalue weighted by atomic mass is 32.2. The van der Waals surface area contributed by atoms with E-state index in [2.05, 4.69) is 16.5 Å². The summed E-state index contributed by atoms with van der Waals surface area (Å²) >= 11 is 0. The summed E-state index contributed by atoms with van der Waals surface area (Å²) in [6.07, 6.45) is 5.61. The van der Waals surface area contributed by atoms with E-state index in [4.69, 9.17) is 4.74 Å². The molecule has 1 N–H and O–H groups in total. The molecule has 0 aromatic heterocycles. The Morgan fingerprint density at radius 3 is 2.83 bits per heavy atom. The van der Waals surface area contributed by atoms with Crippen LogP contribution in [0.1, 0.15) is 39.0 Å². The van der Waals surface area contributed by atoms with Crippen molar-refractivity contribution in [3.05, 3.63) is 24.0 Å². The minimum atomic E-state index is -3.69. The number of rotatable bonds is 8. The number of likely N-dealkylation sites (tertiary alicyclic amines) is 1. The zero-order chi connectivity index (χ0) is 17.6. The van der Waals surface area contributed by atoms with Crippen LogP contribution in [0.4, 0.5) is 4.39 Å². The highest BCUT2D eigenvalue weighted by Gasteiger charge is 2.20. The molecule has 1 atom stereocenters. The summed E-state index contributed by atoms with van der Waals surface area (Å²) in [7, 11) is -2.35. The average Bonchev–Trinajstić information content (AvgIpc) is 2.59. The topological polar surface area (TPSA) is 58.6 Å². The molecule has 1 heterocycles. The first-order valence-corrected chi connectivity index (χ1v) is 10.0. The number of hydrogen-bond acceptors (Lipinski definition) is 4. The fourth-order valence-corrected chi connectivity index (χ4v) is 4.29. The predicted octanol–water partition coefficient (Wildman–Crippen LogP) is 2.77. The number of hydrogen-bond donors (Lipinski definition) is 1. The fraction of sp³-hybridized carbons (Fsp3) is 0.647. The van der Waals surface area contributed by atoms with E-state index in [0.717, 1.165) is 32.0 Å². The zero-order valence-electron chi connectivity index (χ0n) is 14.4. The third-order valence-electron chi connectivity index (χ3n) is 4.57. The second-order valence-corrected chi connectivity index (χ2v) is 7.91. The molecule has 1 aromatic rings. The Balaban J connectivity index is 1.85. The molecule has 1 unspecified atom stereocenters. The molecule has 0 radical (unpaired) electrons. The summed E-state index contributed by atoms with van der Waals surface area (Å²) in [5, 5.41) is 0. The molecule has 2 rings (SSSR count). The van der Waals surface area contributed by atoms with Gasteiger partial charge in [0.15, 0.2) is 11.6 Å². The number of sulfonamides is 1. The van der Waals surface area contributed by atoms with Crippen molar-refractivity contribution in [1.82, 2.24) is 9.62 Å². The summed E-state index contributed by atoms with van der Waals surface area (Å²) in [6.45, 7) is 4.53. The molecular weight excluding hydrogens is 331 g/mol. The van der Waals surface area contributed by atoms with E-state index in [0.29, 0.717) is 12.6 Å². The first kappa shape index (κ1) is 19.1. The van der Waals surface area contributed by atoms with Crippen LogP contribution < -0.4 is 9.46 Å². The molecule has 1 fully saturated rings. The molecule has 136 valence electrons. The van der Waals surface area contributed by atoms with Crippen LogP contribution in [0.15, 0.2) is 23.1 Å². The SMILES string of the molecule is CCC1CCCCN1CCCNS(=O)(=O)c1ccc(OC)c(F)c1. The van der Waals surface area contributed by atoms with E-state index in [1.54, 1.807) is 0 Å². The van der Waals surface area contributed by atoms with Gasteiger partial charge in [-0.3, -0.25) is 0 Å². The van der Waals surface area contributed by atoms with E-state index < -0.39 is 15.8 Å². The van der Waals surface area contributed by atoms with Gasteiger partial charge in [-0.2, -0.15) is 0 Å². The van der Waals surface area contributed by atoms with Crippen molar-refractivity contribution in [2.24, 2.45) is 0 Å². The number of halogens is 1. The quantitative estimate of drug-likeness (QED) is 0.726. The molecule has 1 aromatic carbocycles. The van der Waals surface area contributed by atoms with Crippen molar-refractivity contribution in [2.75, 3.05) is 26.7 Å². The smallest absolute Gasteiger partial charge is 0.240 e. The van der Waals surface area contributed by atoms with Crippen molar-refractivity contribution >= 4 is 10.0 Å². The minimum Gasteiger partial charge on any atom is -0.494 e. The van der Waals surface area contributed by atoms with Crippen LogP contribution in [-0.2, 0) is 10.0 Å². The van der Waals surface area contributed by atoms with Crippen molar-refractivity contribution in [3.8, 4) is 5.75 Å². The number of methoxy groups -OCH3 is 1. The van der Waals surface area contributed by atoms with Crippen LogP contribution in [0.5, 0.6) is 5.75 Å². The number of nitrogens with one attached hydrogen (secondary N) is 1. The Morgan fingerprint density at radius 1 is 1.38 bits per heavy atom. The Labute approximate surface area is 144 Å². The van der Waals surface area contributed by atoms with E-state index >= 15 is 0 Å². The van der Waals surface area contributed by atoms with Crippen LogP contribution >= 0.6 is 0 Å². The van der Waals surface area contributed by atoms with Crippen molar-refractivity contribution in [1.29, 1.82) is 0 Å². The molecule has 24 heavy (non-hydrogen) atoms. The lowest BCUT2D eigenvalue weighted by Gasteiger charge is -2.35. The van der Waals surface area contributed by atoms with Gasteiger partial charge in [-0.25, -0.2) is 17.5 Å². The zero-order valence-corrected chi connectivity index (χ0v) is 15.2. The lowest BCUT2D eigenvalue weighted by molar-refractivity contribution is 0.143. The normalized spacial score (nSPS) is 19.4. The van der Waals surface area contributed by atoms with Gasteiger partial charge in [0.2, 0.25) is 10.0 Å².